The Balaban J connectivity index is 1.49. The van der Waals surface area contributed by atoms with Crippen molar-refractivity contribution >= 4 is 28.8 Å². The molecular weight excluding hydrogens is 392 g/mol. The van der Waals surface area contributed by atoms with Crippen molar-refractivity contribution in [3.8, 4) is 16.3 Å². The van der Waals surface area contributed by atoms with Crippen LogP contribution in [-0.2, 0) is 11.2 Å². The van der Waals surface area contributed by atoms with Gasteiger partial charge in [-0.2, -0.15) is 0 Å². The lowest BCUT2D eigenvalue weighted by atomic mass is 10.1. The molecule has 1 aromatic heterocycles. The smallest absolute Gasteiger partial charge is 0.260 e. The Bertz CT molecular complexity index is 933. The van der Waals surface area contributed by atoms with Gasteiger partial charge in [-0.1, -0.05) is 29.8 Å². The van der Waals surface area contributed by atoms with Crippen molar-refractivity contribution in [2.75, 3.05) is 6.54 Å². The second-order valence-electron chi connectivity index (χ2n) is 6.78. The Morgan fingerprint density at radius 3 is 2.54 bits per heavy atom. The minimum absolute atomic E-state index is 0.132. The van der Waals surface area contributed by atoms with Crippen LogP contribution in [0.4, 0.5) is 0 Å². The summed E-state index contributed by atoms with van der Waals surface area (Å²) in [6.07, 6.45) is 0.118. The third-order valence-electron chi connectivity index (χ3n) is 4.20. The second kappa shape index (κ2) is 9.22. The maximum absolute atomic E-state index is 12.3. The first-order valence-electron chi connectivity index (χ1n) is 9.14. The Morgan fingerprint density at radius 2 is 1.86 bits per heavy atom. The minimum Gasteiger partial charge on any atom is -0.481 e. The van der Waals surface area contributed by atoms with E-state index in [0.717, 1.165) is 27.4 Å². The van der Waals surface area contributed by atoms with Crippen LogP contribution in [0, 0.1) is 13.8 Å². The van der Waals surface area contributed by atoms with E-state index in [2.05, 4.69) is 16.4 Å². The van der Waals surface area contributed by atoms with Crippen LogP contribution in [0.5, 0.6) is 5.75 Å². The van der Waals surface area contributed by atoms with Gasteiger partial charge in [-0.05, 0) is 56.2 Å². The van der Waals surface area contributed by atoms with Gasteiger partial charge in [0.25, 0.3) is 5.91 Å². The van der Waals surface area contributed by atoms with Gasteiger partial charge in [0.1, 0.15) is 10.8 Å². The third-order valence-corrected chi connectivity index (χ3v) is 5.39. The molecule has 0 unspecified atom stereocenters. The SMILES string of the molecule is Cc1cc(C)cc(O[C@@H](C)C(=O)NCCc2csc(-c3ccc(Cl)cc3)n2)c1. The van der Waals surface area contributed by atoms with Crippen molar-refractivity contribution in [2.45, 2.75) is 33.3 Å². The van der Waals surface area contributed by atoms with Crippen LogP contribution in [0.2, 0.25) is 5.02 Å². The zero-order valence-corrected chi connectivity index (χ0v) is 17.7. The summed E-state index contributed by atoms with van der Waals surface area (Å²) >= 11 is 7.51. The highest BCUT2D eigenvalue weighted by Gasteiger charge is 2.15. The van der Waals surface area contributed by atoms with E-state index >= 15 is 0 Å². The minimum atomic E-state index is -0.554. The summed E-state index contributed by atoms with van der Waals surface area (Å²) in [4.78, 5) is 16.9. The number of thiazole rings is 1. The van der Waals surface area contributed by atoms with Gasteiger partial charge in [-0.15, -0.1) is 11.3 Å². The summed E-state index contributed by atoms with van der Waals surface area (Å²) in [6.45, 7) is 6.30. The Morgan fingerprint density at radius 1 is 1.18 bits per heavy atom. The molecule has 0 radical (unpaired) electrons. The van der Waals surface area contributed by atoms with E-state index < -0.39 is 6.10 Å². The maximum Gasteiger partial charge on any atom is 0.260 e. The van der Waals surface area contributed by atoms with Crippen molar-refractivity contribution in [1.82, 2.24) is 10.3 Å². The van der Waals surface area contributed by atoms with E-state index in [1.54, 1.807) is 18.3 Å². The van der Waals surface area contributed by atoms with Crippen LogP contribution in [0.15, 0.2) is 47.8 Å². The highest BCUT2D eigenvalue weighted by Crippen LogP contribution is 2.25. The van der Waals surface area contributed by atoms with E-state index in [0.29, 0.717) is 23.7 Å². The molecule has 1 N–H and O–H groups in total. The van der Waals surface area contributed by atoms with Crippen molar-refractivity contribution in [3.05, 3.63) is 69.7 Å². The molecule has 0 saturated carbocycles. The average Bonchev–Trinajstić information content (AvgIpc) is 3.10. The highest BCUT2D eigenvalue weighted by atomic mass is 35.5. The lowest BCUT2D eigenvalue weighted by molar-refractivity contribution is -0.127. The number of amides is 1. The fraction of sp³-hybridized carbons (Fsp3) is 0.273. The summed E-state index contributed by atoms with van der Waals surface area (Å²) in [5.74, 6) is 0.583. The lowest BCUT2D eigenvalue weighted by Gasteiger charge is -2.15. The molecule has 2 aromatic carbocycles. The van der Waals surface area contributed by atoms with Gasteiger partial charge in [0, 0.05) is 28.9 Å². The first-order valence-corrected chi connectivity index (χ1v) is 10.4. The fourth-order valence-electron chi connectivity index (χ4n) is 2.86. The number of aromatic nitrogens is 1. The van der Waals surface area contributed by atoms with Crippen molar-refractivity contribution < 1.29 is 9.53 Å². The normalized spacial score (nSPS) is 11.9. The number of aryl methyl sites for hydroxylation is 2. The molecule has 0 spiro atoms. The topological polar surface area (TPSA) is 51.2 Å². The predicted octanol–water partition coefficient (Wildman–Crippen LogP) is 5.21. The molecule has 0 aliphatic heterocycles. The molecular formula is C22H23ClN2O2S. The maximum atomic E-state index is 12.3. The number of nitrogens with zero attached hydrogens (tertiary/aromatic N) is 1. The van der Waals surface area contributed by atoms with E-state index in [-0.39, 0.29) is 5.91 Å². The zero-order valence-electron chi connectivity index (χ0n) is 16.2. The Kier molecular flexibility index (Phi) is 6.70. The average molecular weight is 415 g/mol. The molecule has 0 saturated heterocycles. The number of carbonyl (C=O) groups is 1. The zero-order chi connectivity index (χ0) is 20.1. The monoisotopic (exact) mass is 414 g/mol. The molecule has 0 bridgehead atoms. The number of hydrogen-bond acceptors (Lipinski definition) is 4. The molecule has 1 atom stereocenters. The van der Waals surface area contributed by atoms with Crippen LogP contribution in [0.1, 0.15) is 23.7 Å². The van der Waals surface area contributed by atoms with Crippen LogP contribution < -0.4 is 10.1 Å². The van der Waals surface area contributed by atoms with Crippen LogP contribution in [-0.4, -0.2) is 23.5 Å². The second-order valence-corrected chi connectivity index (χ2v) is 8.07. The third kappa shape index (κ3) is 5.57. The summed E-state index contributed by atoms with van der Waals surface area (Å²) in [5, 5.41) is 6.60. The number of hydrogen-bond donors (Lipinski definition) is 1. The predicted molar refractivity (Wildman–Crippen MR) is 115 cm³/mol. The van der Waals surface area contributed by atoms with Crippen LogP contribution in [0.25, 0.3) is 10.6 Å². The first-order chi connectivity index (χ1) is 13.4. The molecule has 4 nitrogen and oxygen atoms in total. The van der Waals surface area contributed by atoms with Crippen molar-refractivity contribution in [3.63, 3.8) is 0 Å². The van der Waals surface area contributed by atoms with Gasteiger partial charge in [0.05, 0.1) is 5.69 Å². The van der Waals surface area contributed by atoms with E-state index in [1.165, 1.54) is 0 Å². The van der Waals surface area contributed by atoms with Crippen LogP contribution >= 0.6 is 22.9 Å². The Hall–Kier alpha value is -2.37. The van der Waals surface area contributed by atoms with Gasteiger partial charge >= 0.3 is 0 Å². The molecule has 1 heterocycles. The molecule has 28 heavy (non-hydrogen) atoms. The number of carbonyl (C=O) groups excluding carboxylic acids is 1. The molecule has 3 rings (SSSR count). The van der Waals surface area contributed by atoms with E-state index in [1.807, 2.05) is 55.6 Å². The molecule has 1 amide bonds. The molecule has 0 fully saturated rings. The fourth-order valence-corrected chi connectivity index (χ4v) is 3.85. The van der Waals surface area contributed by atoms with Crippen molar-refractivity contribution in [1.29, 1.82) is 0 Å². The summed E-state index contributed by atoms with van der Waals surface area (Å²) in [5.41, 5.74) is 4.23. The largest absolute Gasteiger partial charge is 0.481 e. The molecule has 0 aliphatic carbocycles. The van der Waals surface area contributed by atoms with Gasteiger partial charge < -0.3 is 10.1 Å². The quantitative estimate of drug-likeness (QED) is 0.577. The Labute approximate surface area is 174 Å². The number of rotatable bonds is 7. The number of nitrogens with one attached hydrogen (secondary N) is 1. The standard InChI is InChI=1S/C22H23ClN2O2S/c1-14-10-15(2)12-20(11-14)27-16(3)21(26)24-9-8-19-13-28-22(25-19)17-4-6-18(23)7-5-17/h4-7,10-13,16H,8-9H2,1-3H3,(H,24,26)/t16-/m0/s1. The van der Waals surface area contributed by atoms with Crippen LogP contribution in [0.3, 0.4) is 0 Å². The van der Waals surface area contributed by atoms with Gasteiger partial charge in [0.15, 0.2) is 6.10 Å². The van der Waals surface area contributed by atoms with E-state index in [4.69, 9.17) is 16.3 Å². The van der Waals surface area contributed by atoms with E-state index in [9.17, 15) is 4.79 Å². The summed E-state index contributed by atoms with van der Waals surface area (Å²) in [7, 11) is 0. The highest BCUT2D eigenvalue weighted by molar-refractivity contribution is 7.13. The number of ether oxygens (including phenoxy) is 1. The summed E-state index contributed by atoms with van der Waals surface area (Å²) < 4.78 is 5.78. The molecule has 6 heteroatoms. The number of halogens is 1. The van der Waals surface area contributed by atoms with Crippen molar-refractivity contribution in [2.24, 2.45) is 0 Å². The summed E-state index contributed by atoms with van der Waals surface area (Å²) in [6, 6.07) is 13.6. The molecule has 146 valence electrons. The van der Waals surface area contributed by atoms with Gasteiger partial charge in [-0.3, -0.25) is 4.79 Å². The molecule has 0 aliphatic rings. The van der Waals surface area contributed by atoms with Gasteiger partial charge in [-0.25, -0.2) is 4.98 Å². The first kappa shape index (κ1) is 20.4. The lowest BCUT2D eigenvalue weighted by Crippen LogP contribution is -2.37. The number of benzene rings is 2. The molecule has 3 aromatic rings. The van der Waals surface area contributed by atoms with Gasteiger partial charge in [0.2, 0.25) is 0 Å².